The molecule has 0 aliphatic rings. The van der Waals surface area contributed by atoms with Gasteiger partial charge in [0.05, 0.1) is 5.69 Å². The van der Waals surface area contributed by atoms with E-state index >= 15 is 0 Å². The van der Waals surface area contributed by atoms with Crippen molar-refractivity contribution in [2.45, 2.75) is 33.4 Å². The van der Waals surface area contributed by atoms with E-state index in [2.05, 4.69) is 29.2 Å². The lowest BCUT2D eigenvalue weighted by molar-refractivity contribution is 0.543. The molecule has 17 heavy (non-hydrogen) atoms. The van der Waals surface area contributed by atoms with Gasteiger partial charge in [0.25, 0.3) is 0 Å². The molecule has 0 atom stereocenters. The zero-order valence-electron chi connectivity index (χ0n) is 10.3. The fraction of sp³-hybridized carbons (Fsp3) is 0.500. The second-order valence-corrected chi connectivity index (χ2v) is 5.34. The van der Waals surface area contributed by atoms with E-state index in [-0.39, 0.29) is 0 Å². The maximum absolute atomic E-state index is 4.50. The minimum absolute atomic E-state index is 0.873. The number of nitrogens with one attached hydrogen (secondary N) is 1. The van der Waals surface area contributed by atoms with Crippen LogP contribution in [0.2, 0.25) is 0 Å². The van der Waals surface area contributed by atoms with Crippen LogP contribution >= 0.6 is 11.3 Å². The maximum Gasteiger partial charge on any atom is 0.107 e. The molecule has 2 aromatic rings. The van der Waals surface area contributed by atoms with Gasteiger partial charge in [-0.1, -0.05) is 0 Å². The Bertz CT molecular complexity index is 428. The molecule has 4 nitrogen and oxygen atoms in total. The highest BCUT2D eigenvalue weighted by Gasteiger charge is 2.02. The van der Waals surface area contributed by atoms with Crippen LogP contribution in [0, 0.1) is 13.8 Å². The van der Waals surface area contributed by atoms with Crippen molar-refractivity contribution in [1.29, 1.82) is 0 Å². The van der Waals surface area contributed by atoms with E-state index in [1.165, 1.54) is 9.88 Å². The van der Waals surface area contributed by atoms with Gasteiger partial charge in [-0.3, -0.25) is 4.68 Å². The van der Waals surface area contributed by atoms with Crippen LogP contribution in [0.1, 0.15) is 22.0 Å². The summed E-state index contributed by atoms with van der Waals surface area (Å²) in [6.07, 6.45) is 4.90. The Morgan fingerprint density at radius 2 is 2.29 bits per heavy atom. The van der Waals surface area contributed by atoms with Crippen molar-refractivity contribution in [3.63, 3.8) is 0 Å². The van der Waals surface area contributed by atoms with Gasteiger partial charge in [0.15, 0.2) is 0 Å². The third-order valence-corrected chi connectivity index (χ3v) is 3.72. The molecule has 0 aromatic carbocycles. The van der Waals surface area contributed by atoms with Gasteiger partial charge in [-0.05, 0) is 32.9 Å². The average Bonchev–Trinajstić information content (AvgIpc) is 2.90. The predicted octanol–water partition coefficient (Wildman–Crippen LogP) is 2.14. The zero-order chi connectivity index (χ0) is 12.1. The predicted molar refractivity (Wildman–Crippen MR) is 70.1 cm³/mol. The van der Waals surface area contributed by atoms with Crippen molar-refractivity contribution in [3.8, 4) is 0 Å². The number of nitrogens with zero attached hydrogens (tertiary/aromatic N) is 3. The van der Waals surface area contributed by atoms with E-state index in [0.717, 1.165) is 31.7 Å². The van der Waals surface area contributed by atoms with E-state index in [4.69, 9.17) is 0 Å². The number of thiazole rings is 1. The Kier molecular flexibility index (Phi) is 4.28. The molecule has 92 valence electrons. The second kappa shape index (κ2) is 5.93. The summed E-state index contributed by atoms with van der Waals surface area (Å²) < 4.78 is 1.96. The molecule has 1 N–H and O–H groups in total. The highest BCUT2D eigenvalue weighted by molar-refractivity contribution is 7.11. The van der Waals surface area contributed by atoms with E-state index in [1.807, 2.05) is 23.1 Å². The van der Waals surface area contributed by atoms with Gasteiger partial charge in [0, 0.05) is 30.4 Å². The molecular weight excluding hydrogens is 232 g/mol. The molecule has 0 unspecified atom stereocenters. The van der Waals surface area contributed by atoms with Gasteiger partial charge >= 0.3 is 0 Å². The molecule has 0 saturated carbocycles. The van der Waals surface area contributed by atoms with Gasteiger partial charge in [-0.15, -0.1) is 11.3 Å². The molecule has 0 aliphatic carbocycles. The highest BCUT2D eigenvalue weighted by Crippen LogP contribution is 2.15. The SMILES string of the molecule is Cc1nc(CNCCCn2cccn2)sc1C. The van der Waals surface area contributed by atoms with Gasteiger partial charge in [0.2, 0.25) is 0 Å². The Morgan fingerprint density at radius 3 is 2.94 bits per heavy atom. The molecule has 5 heteroatoms. The van der Waals surface area contributed by atoms with E-state index in [9.17, 15) is 0 Å². The molecule has 0 spiro atoms. The van der Waals surface area contributed by atoms with Crippen LogP contribution in [0.5, 0.6) is 0 Å². The minimum Gasteiger partial charge on any atom is -0.310 e. The van der Waals surface area contributed by atoms with Gasteiger partial charge in [-0.2, -0.15) is 5.10 Å². The lowest BCUT2D eigenvalue weighted by Crippen LogP contribution is -2.16. The number of hydrogen-bond donors (Lipinski definition) is 1. The van der Waals surface area contributed by atoms with E-state index in [0.29, 0.717) is 0 Å². The molecule has 0 radical (unpaired) electrons. The Balaban J connectivity index is 1.63. The molecule has 2 rings (SSSR count). The minimum atomic E-state index is 0.873. The number of rotatable bonds is 6. The van der Waals surface area contributed by atoms with Crippen molar-refractivity contribution in [3.05, 3.63) is 34.0 Å². The van der Waals surface area contributed by atoms with Crippen LogP contribution < -0.4 is 5.32 Å². The third-order valence-electron chi connectivity index (χ3n) is 2.65. The summed E-state index contributed by atoms with van der Waals surface area (Å²) in [5.74, 6) is 0. The molecule has 2 heterocycles. The first-order valence-electron chi connectivity index (χ1n) is 5.87. The maximum atomic E-state index is 4.50. The fourth-order valence-corrected chi connectivity index (χ4v) is 2.51. The van der Waals surface area contributed by atoms with E-state index < -0.39 is 0 Å². The summed E-state index contributed by atoms with van der Waals surface area (Å²) in [5.41, 5.74) is 1.16. The lowest BCUT2D eigenvalue weighted by atomic mass is 10.4. The fourth-order valence-electron chi connectivity index (χ4n) is 1.61. The normalized spacial score (nSPS) is 10.9. The zero-order valence-corrected chi connectivity index (χ0v) is 11.1. The third kappa shape index (κ3) is 3.64. The Labute approximate surface area is 106 Å². The van der Waals surface area contributed by atoms with E-state index in [1.54, 1.807) is 11.3 Å². The van der Waals surface area contributed by atoms with Crippen LogP contribution in [-0.4, -0.2) is 21.3 Å². The first kappa shape index (κ1) is 12.3. The van der Waals surface area contributed by atoms with Gasteiger partial charge < -0.3 is 5.32 Å². The van der Waals surface area contributed by atoms with Crippen LogP contribution in [0.25, 0.3) is 0 Å². The van der Waals surface area contributed by atoms with Crippen molar-refractivity contribution >= 4 is 11.3 Å². The number of aromatic nitrogens is 3. The van der Waals surface area contributed by atoms with Crippen molar-refractivity contribution in [2.24, 2.45) is 0 Å². The van der Waals surface area contributed by atoms with Crippen LogP contribution in [0.4, 0.5) is 0 Å². The average molecular weight is 250 g/mol. The number of hydrogen-bond acceptors (Lipinski definition) is 4. The van der Waals surface area contributed by atoms with Crippen LogP contribution in [0.3, 0.4) is 0 Å². The molecule has 0 bridgehead atoms. The first-order chi connectivity index (χ1) is 8.25. The second-order valence-electron chi connectivity index (χ2n) is 4.05. The molecular formula is C12H18N4S. The monoisotopic (exact) mass is 250 g/mol. The Morgan fingerprint density at radius 1 is 1.41 bits per heavy atom. The standard InChI is InChI=1S/C12H18N4S/c1-10-11(2)17-12(15-10)9-13-5-3-7-16-8-4-6-14-16/h4,6,8,13H,3,5,7,9H2,1-2H3. The summed E-state index contributed by atoms with van der Waals surface area (Å²) in [6.45, 7) is 7.02. The summed E-state index contributed by atoms with van der Waals surface area (Å²) in [5, 5.41) is 8.76. The smallest absolute Gasteiger partial charge is 0.107 e. The molecule has 2 aromatic heterocycles. The first-order valence-corrected chi connectivity index (χ1v) is 6.68. The molecule has 0 fully saturated rings. The summed E-state index contributed by atoms with van der Waals surface area (Å²) >= 11 is 1.78. The topological polar surface area (TPSA) is 42.7 Å². The van der Waals surface area contributed by atoms with Gasteiger partial charge in [0.1, 0.15) is 5.01 Å². The number of aryl methyl sites for hydroxylation is 3. The summed E-state index contributed by atoms with van der Waals surface area (Å²) in [7, 11) is 0. The highest BCUT2D eigenvalue weighted by atomic mass is 32.1. The van der Waals surface area contributed by atoms with Crippen LogP contribution in [-0.2, 0) is 13.1 Å². The largest absolute Gasteiger partial charge is 0.310 e. The van der Waals surface area contributed by atoms with Crippen molar-refractivity contribution in [1.82, 2.24) is 20.1 Å². The lowest BCUT2D eigenvalue weighted by Gasteiger charge is -2.02. The van der Waals surface area contributed by atoms with Crippen molar-refractivity contribution < 1.29 is 0 Å². The molecule has 0 amide bonds. The quantitative estimate of drug-likeness (QED) is 0.799. The Hall–Kier alpha value is -1.20. The van der Waals surface area contributed by atoms with Crippen LogP contribution in [0.15, 0.2) is 18.5 Å². The molecule has 0 aliphatic heterocycles. The van der Waals surface area contributed by atoms with Crippen molar-refractivity contribution in [2.75, 3.05) is 6.54 Å². The van der Waals surface area contributed by atoms with Gasteiger partial charge in [-0.25, -0.2) is 4.98 Å². The summed E-state index contributed by atoms with van der Waals surface area (Å²) in [6, 6.07) is 1.95. The molecule has 0 saturated heterocycles. The summed E-state index contributed by atoms with van der Waals surface area (Å²) in [4.78, 5) is 5.81.